The number of aliphatic hydroxyl groups excluding tert-OH is 1. The van der Waals surface area contributed by atoms with Gasteiger partial charge >= 0.3 is 0 Å². The SMILES string of the molecule is Cc1ccc(CC(N)CO)cc1C.Cl. The van der Waals surface area contributed by atoms with Crippen molar-refractivity contribution in [2.24, 2.45) is 5.73 Å². The zero-order valence-corrected chi connectivity index (χ0v) is 9.47. The molecule has 0 saturated heterocycles. The van der Waals surface area contributed by atoms with E-state index in [1.165, 1.54) is 16.7 Å². The van der Waals surface area contributed by atoms with Gasteiger partial charge in [-0.1, -0.05) is 18.2 Å². The lowest BCUT2D eigenvalue weighted by Gasteiger charge is -2.09. The zero-order valence-electron chi connectivity index (χ0n) is 8.66. The molecule has 1 atom stereocenters. The molecule has 3 N–H and O–H groups in total. The average molecular weight is 216 g/mol. The Morgan fingerprint density at radius 3 is 2.43 bits per heavy atom. The molecule has 1 aromatic carbocycles. The molecule has 0 saturated carbocycles. The second-order valence-corrected chi connectivity index (χ2v) is 3.57. The molecule has 0 fully saturated rings. The van der Waals surface area contributed by atoms with Crippen molar-refractivity contribution in [2.45, 2.75) is 26.3 Å². The second kappa shape index (κ2) is 6.02. The van der Waals surface area contributed by atoms with Crippen LogP contribution in [-0.2, 0) is 6.42 Å². The van der Waals surface area contributed by atoms with Crippen molar-refractivity contribution >= 4 is 12.4 Å². The highest BCUT2D eigenvalue weighted by atomic mass is 35.5. The van der Waals surface area contributed by atoms with E-state index < -0.39 is 0 Å². The summed E-state index contributed by atoms with van der Waals surface area (Å²) in [6.45, 7) is 4.22. The van der Waals surface area contributed by atoms with Crippen LogP contribution < -0.4 is 5.73 Å². The van der Waals surface area contributed by atoms with E-state index in [9.17, 15) is 0 Å². The fourth-order valence-corrected chi connectivity index (χ4v) is 1.30. The van der Waals surface area contributed by atoms with Crippen molar-refractivity contribution in [1.29, 1.82) is 0 Å². The molecule has 0 bridgehead atoms. The minimum atomic E-state index is -0.137. The maximum atomic E-state index is 8.79. The molecule has 3 heteroatoms. The molecular weight excluding hydrogens is 198 g/mol. The second-order valence-electron chi connectivity index (χ2n) is 3.57. The van der Waals surface area contributed by atoms with Gasteiger partial charge in [0.1, 0.15) is 0 Å². The smallest absolute Gasteiger partial charge is 0.0585 e. The number of nitrogens with two attached hydrogens (primary N) is 1. The van der Waals surface area contributed by atoms with Gasteiger partial charge in [0.05, 0.1) is 6.61 Å². The normalized spacial score (nSPS) is 12.0. The van der Waals surface area contributed by atoms with Gasteiger partial charge in [0.15, 0.2) is 0 Å². The molecule has 2 nitrogen and oxygen atoms in total. The predicted octanol–water partition coefficient (Wildman–Crippen LogP) is 1.59. The van der Waals surface area contributed by atoms with Gasteiger partial charge in [-0.3, -0.25) is 0 Å². The van der Waals surface area contributed by atoms with Crippen molar-refractivity contribution in [3.63, 3.8) is 0 Å². The third kappa shape index (κ3) is 3.66. The van der Waals surface area contributed by atoms with Crippen molar-refractivity contribution in [3.8, 4) is 0 Å². The number of halogens is 1. The van der Waals surface area contributed by atoms with Gasteiger partial charge in [0.25, 0.3) is 0 Å². The van der Waals surface area contributed by atoms with Crippen LogP contribution >= 0.6 is 12.4 Å². The van der Waals surface area contributed by atoms with E-state index in [0.717, 1.165) is 6.42 Å². The number of benzene rings is 1. The Bertz CT molecular complexity index is 289. The number of rotatable bonds is 3. The molecule has 0 radical (unpaired) electrons. The van der Waals surface area contributed by atoms with E-state index in [-0.39, 0.29) is 25.1 Å². The summed E-state index contributed by atoms with van der Waals surface area (Å²) in [7, 11) is 0. The number of aryl methyl sites for hydroxylation is 2. The van der Waals surface area contributed by atoms with Gasteiger partial charge in [-0.15, -0.1) is 12.4 Å². The lowest BCUT2D eigenvalue weighted by atomic mass is 10.0. The number of hydrogen-bond donors (Lipinski definition) is 2. The standard InChI is InChI=1S/C11H17NO.ClH/c1-8-3-4-10(5-9(8)2)6-11(12)7-13;/h3-5,11,13H,6-7,12H2,1-2H3;1H. The molecule has 0 spiro atoms. The summed E-state index contributed by atoms with van der Waals surface area (Å²) in [4.78, 5) is 0. The summed E-state index contributed by atoms with van der Waals surface area (Å²) in [5.74, 6) is 0. The summed E-state index contributed by atoms with van der Waals surface area (Å²) in [5.41, 5.74) is 9.41. The van der Waals surface area contributed by atoms with E-state index in [0.29, 0.717) is 0 Å². The minimum Gasteiger partial charge on any atom is -0.395 e. The van der Waals surface area contributed by atoms with E-state index in [1.807, 2.05) is 0 Å². The quantitative estimate of drug-likeness (QED) is 0.805. The molecule has 0 aromatic heterocycles. The largest absolute Gasteiger partial charge is 0.395 e. The Balaban J connectivity index is 0.00000169. The van der Waals surface area contributed by atoms with Crippen molar-refractivity contribution in [3.05, 3.63) is 34.9 Å². The van der Waals surface area contributed by atoms with Gasteiger partial charge in [-0.05, 0) is 37.0 Å². The van der Waals surface area contributed by atoms with Gasteiger partial charge in [-0.25, -0.2) is 0 Å². The Morgan fingerprint density at radius 2 is 1.93 bits per heavy atom. The van der Waals surface area contributed by atoms with Crippen LogP contribution in [0.1, 0.15) is 16.7 Å². The third-order valence-electron chi connectivity index (χ3n) is 2.30. The molecular formula is C11H18ClNO. The Kier molecular flexibility index (Phi) is 5.77. The lowest BCUT2D eigenvalue weighted by molar-refractivity contribution is 0.265. The highest BCUT2D eigenvalue weighted by Gasteiger charge is 2.02. The number of aliphatic hydroxyl groups is 1. The minimum absolute atomic E-state index is 0. The zero-order chi connectivity index (χ0) is 9.84. The fourth-order valence-electron chi connectivity index (χ4n) is 1.30. The Labute approximate surface area is 91.5 Å². The summed E-state index contributed by atoms with van der Waals surface area (Å²) in [6, 6.07) is 6.15. The van der Waals surface area contributed by atoms with Gasteiger partial charge in [0, 0.05) is 6.04 Å². The van der Waals surface area contributed by atoms with Crippen LogP contribution in [0.4, 0.5) is 0 Å². The molecule has 1 unspecified atom stereocenters. The lowest BCUT2D eigenvalue weighted by Crippen LogP contribution is -2.26. The highest BCUT2D eigenvalue weighted by Crippen LogP contribution is 2.10. The summed E-state index contributed by atoms with van der Waals surface area (Å²) < 4.78 is 0. The van der Waals surface area contributed by atoms with Crippen LogP contribution in [0, 0.1) is 13.8 Å². The summed E-state index contributed by atoms with van der Waals surface area (Å²) in [6.07, 6.45) is 0.748. The molecule has 14 heavy (non-hydrogen) atoms. The molecule has 1 rings (SSSR count). The van der Waals surface area contributed by atoms with E-state index in [1.54, 1.807) is 0 Å². The monoisotopic (exact) mass is 215 g/mol. The first kappa shape index (κ1) is 13.4. The third-order valence-corrected chi connectivity index (χ3v) is 2.30. The van der Waals surface area contributed by atoms with Crippen LogP contribution in [0.15, 0.2) is 18.2 Å². The van der Waals surface area contributed by atoms with Crippen molar-refractivity contribution < 1.29 is 5.11 Å². The van der Waals surface area contributed by atoms with Crippen LogP contribution in [-0.4, -0.2) is 17.8 Å². The highest BCUT2D eigenvalue weighted by molar-refractivity contribution is 5.85. The van der Waals surface area contributed by atoms with Gasteiger partial charge in [-0.2, -0.15) is 0 Å². The van der Waals surface area contributed by atoms with Gasteiger partial charge in [0.2, 0.25) is 0 Å². The molecule has 0 amide bonds. The topological polar surface area (TPSA) is 46.2 Å². The molecule has 0 heterocycles. The molecule has 80 valence electrons. The van der Waals surface area contributed by atoms with Crippen molar-refractivity contribution in [2.75, 3.05) is 6.61 Å². The first-order chi connectivity index (χ1) is 6.13. The summed E-state index contributed by atoms with van der Waals surface area (Å²) in [5, 5.41) is 8.79. The first-order valence-corrected chi connectivity index (χ1v) is 4.56. The predicted molar refractivity (Wildman–Crippen MR) is 61.9 cm³/mol. The Hall–Kier alpha value is -0.570. The van der Waals surface area contributed by atoms with Gasteiger partial charge < -0.3 is 10.8 Å². The Morgan fingerprint density at radius 1 is 1.29 bits per heavy atom. The maximum absolute atomic E-state index is 8.79. The molecule has 1 aromatic rings. The van der Waals surface area contributed by atoms with E-state index in [2.05, 4.69) is 32.0 Å². The first-order valence-electron chi connectivity index (χ1n) is 4.56. The van der Waals surface area contributed by atoms with E-state index in [4.69, 9.17) is 10.8 Å². The maximum Gasteiger partial charge on any atom is 0.0585 e. The molecule has 0 aliphatic heterocycles. The average Bonchev–Trinajstić information content (AvgIpc) is 2.11. The van der Waals surface area contributed by atoms with Crippen LogP contribution in [0.5, 0.6) is 0 Å². The molecule has 0 aliphatic carbocycles. The molecule has 0 aliphatic rings. The van der Waals surface area contributed by atoms with Crippen molar-refractivity contribution in [1.82, 2.24) is 0 Å². The number of hydrogen-bond acceptors (Lipinski definition) is 2. The van der Waals surface area contributed by atoms with E-state index >= 15 is 0 Å². The summed E-state index contributed by atoms with van der Waals surface area (Å²) >= 11 is 0. The van der Waals surface area contributed by atoms with Crippen LogP contribution in [0.2, 0.25) is 0 Å². The van der Waals surface area contributed by atoms with Crippen LogP contribution in [0.25, 0.3) is 0 Å². The van der Waals surface area contributed by atoms with Crippen LogP contribution in [0.3, 0.4) is 0 Å². The fraction of sp³-hybridized carbons (Fsp3) is 0.455.